The van der Waals surface area contributed by atoms with Gasteiger partial charge >= 0.3 is 6.09 Å². The number of guanidine groups is 1. The fourth-order valence-electron chi connectivity index (χ4n) is 3.50. The predicted octanol–water partition coefficient (Wildman–Crippen LogP) is 2.35. The second-order valence-electron chi connectivity index (χ2n) is 9.06. The Balaban J connectivity index is 0.00000544. The first-order valence-corrected chi connectivity index (χ1v) is 10.8. The van der Waals surface area contributed by atoms with E-state index >= 15 is 0 Å². The third-order valence-electron chi connectivity index (χ3n) is 4.85. The lowest BCUT2D eigenvalue weighted by Gasteiger charge is -2.35. The lowest BCUT2D eigenvalue weighted by atomic mass is 10.1. The highest BCUT2D eigenvalue weighted by molar-refractivity contribution is 14.0. The van der Waals surface area contributed by atoms with Crippen LogP contribution >= 0.6 is 24.0 Å². The van der Waals surface area contributed by atoms with E-state index in [-0.39, 0.29) is 42.0 Å². The summed E-state index contributed by atoms with van der Waals surface area (Å²) in [5.74, 6) is 0.372. The van der Waals surface area contributed by atoms with Gasteiger partial charge in [0.15, 0.2) is 5.96 Å². The van der Waals surface area contributed by atoms with E-state index in [4.69, 9.17) is 9.47 Å². The number of rotatable bonds is 6. The summed E-state index contributed by atoms with van der Waals surface area (Å²) >= 11 is 0. The minimum Gasteiger partial charge on any atom is -0.444 e. The second kappa shape index (κ2) is 12.4. The van der Waals surface area contributed by atoms with Crippen molar-refractivity contribution in [2.75, 3.05) is 26.7 Å². The molecule has 2 atom stereocenters. The molecule has 11 heteroatoms. The number of amides is 2. The summed E-state index contributed by atoms with van der Waals surface area (Å²) in [6.45, 7) is 12.5. The minimum atomic E-state index is -0.790. The van der Waals surface area contributed by atoms with Crippen LogP contribution in [-0.4, -0.2) is 78.0 Å². The van der Waals surface area contributed by atoms with Crippen LogP contribution in [0.1, 0.15) is 51.9 Å². The number of pyridine rings is 1. The van der Waals surface area contributed by atoms with Crippen LogP contribution in [0.3, 0.4) is 0 Å². The van der Waals surface area contributed by atoms with Crippen LogP contribution in [0.15, 0.2) is 29.5 Å². The van der Waals surface area contributed by atoms with Crippen molar-refractivity contribution in [3.63, 3.8) is 0 Å². The third-order valence-corrected chi connectivity index (χ3v) is 4.85. The maximum atomic E-state index is 12.8. The van der Waals surface area contributed by atoms with Crippen molar-refractivity contribution in [3.05, 3.63) is 30.1 Å². The van der Waals surface area contributed by atoms with E-state index in [1.807, 2.05) is 41.5 Å². The van der Waals surface area contributed by atoms with Gasteiger partial charge in [0.25, 0.3) is 5.91 Å². The van der Waals surface area contributed by atoms with Crippen molar-refractivity contribution in [1.29, 1.82) is 0 Å². The standard InChI is InChI=1S/C22H36N6O4.HI/c1-15-17(28(22(5,6)31-15)20(30)32-21(2,3)4)14-27-19(23-7)26-12-11-25-18(29)16-9-8-10-24-13-16;/h8-10,13,15,17H,11-12,14H2,1-7H3,(H,25,29)(H2,23,26,27);1H. The van der Waals surface area contributed by atoms with Gasteiger partial charge < -0.3 is 25.4 Å². The van der Waals surface area contributed by atoms with Gasteiger partial charge in [0.1, 0.15) is 11.3 Å². The van der Waals surface area contributed by atoms with Crippen molar-refractivity contribution in [2.45, 2.75) is 65.0 Å². The zero-order valence-electron chi connectivity index (χ0n) is 20.5. The summed E-state index contributed by atoms with van der Waals surface area (Å²) in [6, 6.07) is 3.18. The van der Waals surface area contributed by atoms with Gasteiger partial charge in [-0.1, -0.05) is 0 Å². The van der Waals surface area contributed by atoms with Crippen molar-refractivity contribution in [2.24, 2.45) is 4.99 Å². The monoisotopic (exact) mass is 576 g/mol. The highest BCUT2D eigenvalue weighted by Crippen LogP contribution is 2.33. The Morgan fingerprint density at radius 3 is 2.48 bits per heavy atom. The van der Waals surface area contributed by atoms with E-state index in [1.165, 1.54) is 6.20 Å². The number of aliphatic imine (C=N–C) groups is 1. The first kappa shape index (κ1) is 28.9. The topological polar surface area (TPSA) is 117 Å². The van der Waals surface area contributed by atoms with E-state index in [0.717, 1.165) is 0 Å². The van der Waals surface area contributed by atoms with Crippen LogP contribution in [0, 0.1) is 0 Å². The first-order valence-electron chi connectivity index (χ1n) is 10.8. The largest absolute Gasteiger partial charge is 0.444 e. The van der Waals surface area contributed by atoms with Gasteiger partial charge in [0.05, 0.1) is 17.7 Å². The Bertz CT molecular complexity index is 813. The molecular weight excluding hydrogens is 539 g/mol. The van der Waals surface area contributed by atoms with E-state index in [2.05, 4.69) is 25.9 Å². The Morgan fingerprint density at radius 1 is 1.24 bits per heavy atom. The van der Waals surface area contributed by atoms with Crippen LogP contribution in [0.25, 0.3) is 0 Å². The zero-order valence-corrected chi connectivity index (χ0v) is 22.8. The van der Waals surface area contributed by atoms with Crippen molar-refractivity contribution in [3.8, 4) is 0 Å². The van der Waals surface area contributed by atoms with Gasteiger partial charge in [-0.2, -0.15) is 0 Å². The minimum absolute atomic E-state index is 0. The smallest absolute Gasteiger partial charge is 0.412 e. The number of aromatic nitrogens is 1. The van der Waals surface area contributed by atoms with Crippen LogP contribution in [0.2, 0.25) is 0 Å². The highest BCUT2D eigenvalue weighted by atomic mass is 127. The maximum absolute atomic E-state index is 12.8. The lowest BCUT2D eigenvalue weighted by molar-refractivity contribution is -0.0755. The average Bonchev–Trinajstić information content (AvgIpc) is 2.94. The molecular formula is C22H37IN6O4. The number of carbonyl (C=O) groups is 2. The number of nitrogens with one attached hydrogen (secondary N) is 3. The fraction of sp³-hybridized carbons (Fsp3) is 0.636. The van der Waals surface area contributed by atoms with Crippen molar-refractivity contribution in [1.82, 2.24) is 25.8 Å². The molecule has 1 aromatic rings. The van der Waals surface area contributed by atoms with Gasteiger partial charge in [-0.15, -0.1) is 24.0 Å². The Hall–Kier alpha value is -2.15. The number of ether oxygens (including phenoxy) is 2. The first-order chi connectivity index (χ1) is 14.9. The van der Waals surface area contributed by atoms with Gasteiger partial charge in [-0.3, -0.25) is 19.7 Å². The van der Waals surface area contributed by atoms with Gasteiger partial charge in [0, 0.05) is 39.1 Å². The van der Waals surface area contributed by atoms with Crippen molar-refractivity contribution >= 4 is 41.9 Å². The summed E-state index contributed by atoms with van der Waals surface area (Å²) in [7, 11) is 1.66. The van der Waals surface area contributed by atoms with E-state index in [1.54, 1.807) is 30.3 Å². The Morgan fingerprint density at radius 2 is 1.91 bits per heavy atom. The van der Waals surface area contributed by atoms with E-state index in [0.29, 0.717) is 31.2 Å². The molecule has 2 heterocycles. The lowest BCUT2D eigenvalue weighted by Crippen LogP contribution is -2.54. The third kappa shape index (κ3) is 8.61. The SMILES string of the molecule is CN=C(NCCNC(=O)c1cccnc1)NCC1C(C)OC(C)(C)N1C(=O)OC(C)(C)C.I. The molecule has 1 aliphatic heterocycles. The quantitative estimate of drug-likeness (QED) is 0.206. The number of hydrogen-bond donors (Lipinski definition) is 3. The average molecular weight is 576 g/mol. The number of carbonyl (C=O) groups excluding carboxylic acids is 2. The molecule has 0 spiro atoms. The molecule has 2 amide bonds. The van der Waals surface area contributed by atoms with Gasteiger partial charge in [-0.05, 0) is 53.7 Å². The molecule has 0 saturated carbocycles. The normalized spacial score (nSPS) is 20.0. The Labute approximate surface area is 213 Å². The molecule has 186 valence electrons. The Kier molecular flexibility index (Phi) is 10.8. The fourth-order valence-corrected chi connectivity index (χ4v) is 3.50. The van der Waals surface area contributed by atoms with Crippen molar-refractivity contribution < 1.29 is 19.1 Å². The van der Waals surface area contributed by atoms with Crippen LogP contribution in [0.4, 0.5) is 4.79 Å². The summed E-state index contributed by atoms with van der Waals surface area (Å²) in [4.78, 5) is 34.7. The zero-order chi connectivity index (χ0) is 23.9. The predicted molar refractivity (Wildman–Crippen MR) is 138 cm³/mol. The van der Waals surface area contributed by atoms with Crippen LogP contribution in [0.5, 0.6) is 0 Å². The molecule has 0 bridgehead atoms. The van der Waals surface area contributed by atoms with E-state index < -0.39 is 17.4 Å². The molecule has 0 radical (unpaired) electrons. The molecule has 1 fully saturated rings. The molecule has 3 N–H and O–H groups in total. The number of halogens is 1. The number of nitrogens with zero attached hydrogens (tertiary/aromatic N) is 3. The molecule has 2 unspecified atom stereocenters. The summed E-state index contributed by atoms with van der Waals surface area (Å²) in [5, 5.41) is 9.21. The molecule has 1 saturated heterocycles. The molecule has 10 nitrogen and oxygen atoms in total. The molecule has 0 aromatic carbocycles. The molecule has 1 aromatic heterocycles. The van der Waals surface area contributed by atoms with Gasteiger partial charge in [0.2, 0.25) is 0 Å². The molecule has 1 aliphatic rings. The van der Waals surface area contributed by atoms with Crippen LogP contribution < -0.4 is 16.0 Å². The molecule has 33 heavy (non-hydrogen) atoms. The molecule has 0 aliphatic carbocycles. The molecule has 2 rings (SSSR count). The van der Waals surface area contributed by atoms with Gasteiger partial charge in [-0.25, -0.2) is 4.79 Å². The summed E-state index contributed by atoms with van der Waals surface area (Å²) in [6.07, 6.45) is 2.53. The summed E-state index contributed by atoms with van der Waals surface area (Å²) < 4.78 is 11.6. The number of hydrogen-bond acceptors (Lipinski definition) is 6. The maximum Gasteiger partial charge on any atom is 0.412 e. The highest BCUT2D eigenvalue weighted by Gasteiger charge is 2.49. The second-order valence-corrected chi connectivity index (χ2v) is 9.06. The summed E-state index contributed by atoms with van der Waals surface area (Å²) in [5.41, 5.74) is -0.883. The van der Waals surface area contributed by atoms with Crippen LogP contribution in [-0.2, 0) is 9.47 Å². The van der Waals surface area contributed by atoms with E-state index in [9.17, 15) is 9.59 Å².